The molecule has 1 aliphatic heterocycles. The van der Waals surface area contributed by atoms with Gasteiger partial charge in [-0.15, -0.1) is 0 Å². The lowest BCUT2D eigenvalue weighted by atomic mass is 9.86. The molecule has 0 amide bonds. The molecule has 2 fully saturated rings. The second kappa shape index (κ2) is 6.58. The SMILES string of the molecule is NC1CCC(CNCCC2CCCO2)CC1. The first-order valence-electron chi connectivity index (χ1n) is 6.92. The van der Waals surface area contributed by atoms with Gasteiger partial charge in [0.05, 0.1) is 6.10 Å². The van der Waals surface area contributed by atoms with Gasteiger partial charge in [0.1, 0.15) is 0 Å². The normalized spacial score (nSPS) is 35.4. The van der Waals surface area contributed by atoms with E-state index in [0.717, 1.165) is 19.1 Å². The van der Waals surface area contributed by atoms with E-state index < -0.39 is 0 Å². The molecule has 1 unspecified atom stereocenters. The molecule has 0 bridgehead atoms. The van der Waals surface area contributed by atoms with E-state index in [1.807, 2.05) is 0 Å². The molecular formula is C13H26N2O. The van der Waals surface area contributed by atoms with E-state index >= 15 is 0 Å². The molecule has 3 heteroatoms. The topological polar surface area (TPSA) is 47.3 Å². The van der Waals surface area contributed by atoms with Crippen LogP contribution in [0.5, 0.6) is 0 Å². The average molecular weight is 226 g/mol. The van der Waals surface area contributed by atoms with Gasteiger partial charge in [-0.25, -0.2) is 0 Å². The third-order valence-corrected chi connectivity index (χ3v) is 3.99. The van der Waals surface area contributed by atoms with Crippen LogP contribution < -0.4 is 11.1 Å². The van der Waals surface area contributed by atoms with E-state index in [1.165, 1.54) is 51.5 Å². The predicted molar refractivity (Wildman–Crippen MR) is 66.4 cm³/mol. The zero-order valence-corrected chi connectivity index (χ0v) is 10.3. The van der Waals surface area contributed by atoms with E-state index in [4.69, 9.17) is 10.5 Å². The standard InChI is InChI=1S/C13H26N2O/c14-12-5-3-11(4-6-12)10-15-8-7-13-2-1-9-16-13/h11-13,15H,1-10,14H2. The molecule has 0 spiro atoms. The molecule has 2 rings (SSSR count). The number of ether oxygens (including phenoxy) is 1. The first kappa shape index (κ1) is 12.3. The quantitative estimate of drug-likeness (QED) is 0.701. The average Bonchev–Trinajstić information content (AvgIpc) is 2.80. The van der Waals surface area contributed by atoms with Crippen LogP contribution in [0.15, 0.2) is 0 Å². The Kier molecular flexibility index (Phi) is 5.07. The Morgan fingerprint density at radius 3 is 2.62 bits per heavy atom. The van der Waals surface area contributed by atoms with Crippen molar-refractivity contribution in [3.63, 3.8) is 0 Å². The van der Waals surface area contributed by atoms with Crippen molar-refractivity contribution in [2.24, 2.45) is 11.7 Å². The van der Waals surface area contributed by atoms with Crippen LogP contribution in [-0.2, 0) is 4.74 Å². The largest absolute Gasteiger partial charge is 0.378 e. The van der Waals surface area contributed by atoms with Crippen molar-refractivity contribution in [1.82, 2.24) is 5.32 Å². The predicted octanol–water partition coefficient (Wildman–Crippen LogP) is 1.66. The highest BCUT2D eigenvalue weighted by molar-refractivity contribution is 4.76. The highest BCUT2D eigenvalue weighted by Crippen LogP contribution is 2.22. The van der Waals surface area contributed by atoms with Crippen LogP contribution in [-0.4, -0.2) is 31.8 Å². The zero-order valence-electron chi connectivity index (χ0n) is 10.3. The maximum atomic E-state index is 5.90. The molecule has 1 aliphatic carbocycles. The summed E-state index contributed by atoms with van der Waals surface area (Å²) in [5, 5.41) is 3.58. The first-order valence-corrected chi connectivity index (χ1v) is 6.92. The van der Waals surface area contributed by atoms with E-state index in [0.29, 0.717) is 12.1 Å². The number of rotatable bonds is 5. The fraction of sp³-hybridized carbons (Fsp3) is 1.00. The number of nitrogens with one attached hydrogen (secondary N) is 1. The van der Waals surface area contributed by atoms with Gasteiger partial charge in [-0.05, 0) is 64.0 Å². The minimum Gasteiger partial charge on any atom is -0.378 e. The van der Waals surface area contributed by atoms with Crippen LogP contribution in [0.4, 0.5) is 0 Å². The molecule has 3 nitrogen and oxygen atoms in total. The van der Waals surface area contributed by atoms with Crippen LogP contribution in [0.3, 0.4) is 0 Å². The van der Waals surface area contributed by atoms with Gasteiger partial charge in [0.25, 0.3) is 0 Å². The van der Waals surface area contributed by atoms with Crippen molar-refractivity contribution in [2.45, 2.75) is 57.1 Å². The summed E-state index contributed by atoms with van der Waals surface area (Å²) in [4.78, 5) is 0. The van der Waals surface area contributed by atoms with Gasteiger partial charge >= 0.3 is 0 Å². The van der Waals surface area contributed by atoms with E-state index in [1.54, 1.807) is 0 Å². The molecule has 1 atom stereocenters. The van der Waals surface area contributed by atoms with Crippen LogP contribution in [0.25, 0.3) is 0 Å². The molecular weight excluding hydrogens is 200 g/mol. The summed E-state index contributed by atoms with van der Waals surface area (Å²) < 4.78 is 5.60. The van der Waals surface area contributed by atoms with Crippen molar-refractivity contribution in [3.8, 4) is 0 Å². The summed E-state index contributed by atoms with van der Waals surface area (Å²) in [5.74, 6) is 0.865. The summed E-state index contributed by atoms with van der Waals surface area (Å²) in [6.45, 7) is 3.28. The van der Waals surface area contributed by atoms with Crippen molar-refractivity contribution >= 4 is 0 Å². The van der Waals surface area contributed by atoms with Gasteiger partial charge in [-0.1, -0.05) is 0 Å². The Labute approximate surface area is 99.1 Å². The van der Waals surface area contributed by atoms with Crippen LogP contribution >= 0.6 is 0 Å². The van der Waals surface area contributed by atoms with Gasteiger partial charge in [0, 0.05) is 12.6 Å². The maximum absolute atomic E-state index is 5.90. The van der Waals surface area contributed by atoms with Crippen molar-refractivity contribution < 1.29 is 4.74 Å². The van der Waals surface area contributed by atoms with Crippen molar-refractivity contribution in [1.29, 1.82) is 0 Å². The van der Waals surface area contributed by atoms with Gasteiger partial charge < -0.3 is 15.8 Å². The van der Waals surface area contributed by atoms with E-state index in [2.05, 4.69) is 5.32 Å². The Morgan fingerprint density at radius 2 is 1.94 bits per heavy atom. The highest BCUT2D eigenvalue weighted by atomic mass is 16.5. The van der Waals surface area contributed by atoms with Crippen LogP contribution in [0.1, 0.15) is 44.9 Å². The molecule has 1 saturated carbocycles. The molecule has 0 radical (unpaired) electrons. The molecule has 0 aromatic carbocycles. The highest BCUT2D eigenvalue weighted by Gasteiger charge is 2.18. The minimum atomic E-state index is 0.475. The van der Waals surface area contributed by atoms with Gasteiger partial charge in [-0.2, -0.15) is 0 Å². The Hall–Kier alpha value is -0.120. The third-order valence-electron chi connectivity index (χ3n) is 3.99. The van der Waals surface area contributed by atoms with Crippen molar-refractivity contribution in [3.05, 3.63) is 0 Å². The van der Waals surface area contributed by atoms with Crippen molar-refractivity contribution in [2.75, 3.05) is 19.7 Å². The van der Waals surface area contributed by atoms with Crippen LogP contribution in [0.2, 0.25) is 0 Å². The Morgan fingerprint density at radius 1 is 1.12 bits per heavy atom. The molecule has 0 aromatic heterocycles. The lowest BCUT2D eigenvalue weighted by Crippen LogP contribution is -2.32. The summed E-state index contributed by atoms with van der Waals surface area (Å²) in [7, 11) is 0. The molecule has 0 aromatic rings. The summed E-state index contributed by atoms with van der Waals surface area (Å²) in [6.07, 6.45) is 9.31. The maximum Gasteiger partial charge on any atom is 0.0588 e. The zero-order chi connectivity index (χ0) is 11.2. The molecule has 1 heterocycles. The minimum absolute atomic E-state index is 0.475. The second-order valence-corrected chi connectivity index (χ2v) is 5.41. The number of nitrogens with two attached hydrogens (primary N) is 1. The Bertz CT molecular complexity index is 184. The lowest BCUT2D eigenvalue weighted by Gasteiger charge is -2.26. The fourth-order valence-electron chi connectivity index (χ4n) is 2.83. The molecule has 94 valence electrons. The summed E-state index contributed by atoms with van der Waals surface area (Å²) in [6, 6.07) is 0.475. The van der Waals surface area contributed by atoms with Crippen LogP contribution in [0, 0.1) is 5.92 Å². The molecule has 3 N–H and O–H groups in total. The number of hydrogen-bond acceptors (Lipinski definition) is 3. The first-order chi connectivity index (χ1) is 7.84. The smallest absolute Gasteiger partial charge is 0.0588 e. The molecule has 16 heavy (non-hydrogen) atoms. The fourth-order valence-corrected chi connectivity index (χ4v) is 2.83. The second-order valence-electron chi connectivity index (χ2n) is 5.41. The third kappa shape index (κ3) is 4.04. The van der Waals surface area contributed by atoms with Gasteiger partial charge in [-0.3, -0.25) is 0 Å². The summed E-state index contributed by atoms with van der Waals surface area (Å²) >= 11 is 0. The lowest BCUT2D eigenvalue weighted by molar-refractivity contribution is 0.104. The van der Waals surface area contributed by atoms with E-state index in [9.17, 15) is 0 Å². The van der Waals surface area contributed by atoms with Gasteiger partial charge in [0.15, 0.2) is 0 Å². The monoisotopic (exact) mass is 226 g/mol. The molecule has 2 aliphatic rings. The summed E-state index contributed by atoms with van der Waals surface area (Å²) in [5.41, 5.74) is 5.90. The van der Waals surface area contributed by atoms with Gasteiger partial charge in [0.2, 0.25) is 0 Å². The number of hydrogen-bond donors (Lipinski definition) is 2. The Balaban J connectivity index is 1.48. The van der Waals surface area contributed by atoms with E-state index in [-0.39, 0.29) is 0 Å². The molecule has 1 saturated heterocycles.